The molecule has 0 spiro atoms. The lowest BCUT2D eigenvalue weighted by molar-refractivity contribution is 0.0997. The lowest BCUT2D eigenvalue weighted by Crippen LogP contribution is -2.27. The molecule has 8 heteroatoms. The number of nitrogens with zero attached hydrogens (tertiary/aromatic N) is 4. The number of pyridine rings is 1. The van der Waals surface area contributed by atoms with E-state index in [2.05, 4.69) is 15.0 Å². The molecule has 28 heavy (non-hydrogen) atoms. The molecule has 3 heterocycles. The predicted molar refractivity (Wildman–Crippen MR) is 105 cm³/mol. The number of aromatic nitrogens is 3. The van der Waals surface area contributed by atoms with Gasteiger partial charge in [-0.25, -0.2) is 0 Å². The first-order valence-electron chi connectivity index (χ1n) is 9.14. The summed E-state index contributed by atoms with van der Waals surface area (Å²) in [6.45, 7) is 2.15. The Morgan fingerprint density at radius 3 is 2.75 bits per heavy atom. The lowest BCUT2D eigenvalue weighted by atomic mass is 10.2. The van der Waals surface area contributed by atoms with Crippen LogP contribution in [0.5, 0.6) is 11.6 Å². The lowest BCUT2D eigenvalue weighted by Gasteiger charge is -2.18. The van der Waals surface area contributed by atoms with Crippen LogP contribution in [0.25, 0.3) is 0 Å². The van der Waals surface area contributed by atoms with Crippen molar-refractivity contribution in [1.82, 2.24) is 14.8 Å². The van der Waals surface area contributed by atoms with E-state index in [1.54, 1.807) is 29.2 Å². The Morgan fingerprint density at radius 1 is 1.21 bits per heavy atom. The van der Waals surface area contributed by atoms with Gasteiger partial charge in [0.2, 0.25) is 5.88 Å². The molecule has 0 bridgehead atoms. The van der Waals surface area contributed by atoms with Crippen molar-refractivity contribution in [3.63, 3.8) is 0 Å². The highest BCUT2D eigenvalue weighted by molar-refractivity contribution is 5.95. The third-order valence-electron chi connectivity index (χ3n) is 4.67. The molecule has 3 aromatic rings. The fourth-order valence-corrected chi connectivity index (χ4v) is 3.23. The Balaban J connectivity index is 1.55. The third-order valence-corrected chi connectivity index (χ3v) is 4.67. The van der Waals surface area contributed by atoms with Crippen molar-refractivity contribution in [2.75, 3.05) is 18.0 Å². The minimum absolute atomic E-state index is 0.123. The summed E-state index contributed by atoms with van der Waals surface area (Å²) in [4.78, 5) is 18.4. The molecule has 4 rings (SSSR count). The molecule has 1 fully saturated rings. The number of nitrogens with two attached hydrogens (primary N) is 2. The van der Waals surface area contributed by atoms with Gasteiger partial charge in [-0.15, -0.1) is 0 Å². The molecule has 0 aliphatic carbocycles. The monoisotopic (exact) mass is 378 g/mol. The zero-order valence-electron chi connectivity index (χ0n) is 15.4. The van der Waals surface area contributed by atoms with Crippen LogP contribution in [-0.4, -0.2) is 39.8 Å². The summed E-state index contributed by atoms with van der Waals surface area (Å²) in [5.74, 6) is 0.777. The van der Waals surface area contributed by atoms with Crippen molar-refractivity contribution >= 4 is 11.7 Å². The number of anilines is 1. The van der Waals surface area contributed by atoms with Gasteiger partial charge in [-0.1, -0.05) is 30.3 Å². The summed E-state index contributed by atoms with van der Waals surface area (Å²) in [7, 11) is 0. The van der Waals surface area contributed by atoms with Crippen molar-refractivity contribution < 1.29 is 9.53 Å². The standard InChI is InChI=1S/C20H22N6O2/c21-15-8-9-25(12-15)18-7-6-17(19(22)27)20(24-18)28-16-10-23-26(13-16)11-14-4-2-1-3-5-14/h1-7,10,13,15H,8-9,11-12,21H2,(H2,22,27). The summed E-state index contributed by atoms with van der Waals surface area (Å²) in [5.41, 5.74) is 12.8. The van der Waals surface area contributed by atoms with Gasteiger partial charge in [-0.3, -0.25) is 9.48 Å². The highest BCUT2D eigenvalue weighted by Crippen LogP contribution is 2.27. The molecule has 4 N–H and O–H groups in total. The largest absolute Gasteiger partial charge is 0.435 e. The van der Waals surface area contributed by atoms with Gasteiger partial charge in [0.15, 0.2) is 5.75 Å². The molecular weight excluding hydrogens is 356 g/mol. The summed E-state index contributed by atoms with van der Waals surface area (Å²) in [6, 6.07) is 13.5. The second kappa shape index (κ2) is 7.69. The van der Waals surface area contributed by atoms with E-state index >= 15 is 0 Å². The molecule has 0 radical (unpaired) electrons. The van der Waals surface area contributed by atoms with Crippen LogP contribution in [0.3, 0.4) is 0 Å². The average Bonchev–Trinajstić information content (AvgIpc) is 3.31. The molecule has 1 aliphatic heterocycles. The molecular formula is C20H22N6O2. The second-order valence-electron chi connectivity index (χ2n) is 6.84. The first kappa shape index (κ1) is 18.0. The Bertz CT molecular complexity index is 972. The quantitative estimate of drug-likeness (QED) is 0.676. The van der Waals surface area contributed by atoms with Crippen LogP contribution in [0, 0.1) is 0 Å². The second-order valence-corrected chi connectivity index (χ2v) is 6.84. The number of hydrogen-bond acceptors (Lipinski definition) is 6. The van der Waals surface area contributed by atoms with E-state index in [-0.39, 0.29) is 17.5 Å². The van der Waals surface area contributed by atoms with Crippen LogP contribution in [0.1, 0.15) is 22.3 Å². The molecule has 1 atom stereocenters. The van der Waals surface area contributed by atoms with Crippen LogP contribution < -0.4 is 21.1 Å². The molecule has 1 unspecified atom stereocenters. The Kier molecular flexibility index (Phi) is 4.94. The van der Waals surface area contributed by atoms with Crippen LogP contribution in [-0.2, 0) is 6.54 Å². The van der Waals surface area contributed by atoms with Crippen LogP contribution >= 0.6 is 0 Å². The molecule has 2 aromatic heterocycles. The number of primary amides is 1. The van der Waals surface area contributed by atoms with Gasteiger partial charge in [0.1, 0.15) is 11.4 Å². The number of carbonyl (C=O) groups excluding carboxylic acids is 1. The highest BCUT2D eigenvalue weighted by Gasteiger charge is 2.22. The Labute approximate surface area is 162 Å². The van der Waals surface area contributed by atoms with Crippen LogP contribution in [0.2, 0.25) is 0 Å². The molecule has 1 aromatic carbocycles. The van der Waals surface area contributed by atoms with Crippen molar-refractivity contribution in [2.24, 2.45) is 11.5 Å². The van der Waals surface area contributed by atoms with Gasteiger partial charge in [0, 0.05) is 19.1 Å². The number of ether oxygens (including phenoxy) is 1. The van der Waals surface area contributed by atoms with Gasteiger partial charge in [0.05, 0.1) is 18.9 Å². The van der Waals surface area contributed by atoms with Gasteiger partial charge < -0.3 is 21.1 Å². The fraction of sp³-hybridized carbons (Fsp3) is 0.250. The van der Waals surface area contributed by atoms with Gasteiger partial charge in [-0.05, 0) is 24.1 Å². The molecule has 8 nitrogen and oxygen atoms in total. The highest BCUT2D eigenvalue weighted by atomic mass is 16.5. The fourth-order valence-electron chi connectivity index (χ4n) is 3.23. The number of carbonyl (C=O) groups is 1. The maximum atomic E-state index is 11.8. The minimum Gasteiger partial charge on any atom is -0.435 e. The summed E-state index contributed by atoms with van der Waals surface area (Å²) in [5, 5.41) is 4.31. The first-order valence-corrected chi connectivity index (χ1v) is 9.14. The minimum atomic E-state index is -0.594. The maximum Gasteiger partial charge on any atom is 0.254 e. The van der Waals surface area contributed by atoms with Crippen molar-refractivity contribution in [1.29, 1.82) is 0 Å². The molecule has 0 saturated carbocycles. The van der Waals surface area contributed by atoms with E-state index in [0.717, 1.165) is 25.1 Å². The topological polar surface area (TPSA) is 112 Å². The summed E-state index contributed by atoms with van der Waals surface area (Å²) >= 11 is 0. The van der Waals surface area contributed by atoms with E-state index in [1.807, 2.05) is 30.3 Å². The van der Waals surface area contributed by atoms with Gasteiger partial charge in [-0.2, -0.15) is 10.1 Å². The Morgan fingerprint density at radius 2 is 2.04 bits per heavy atom. The zero-order chi connectivity index (χ0) is 19.5. The number of hydrogen-bond donors (Lipinski definition) is 2. The molecule has 1 saturated heterocycles. The summed E-state index contributed by atoms with van der Waals surface area (Å²) in [6.07, 6.45) is 4.26. The maximum absolute atomic E-state index is 11.8. The normalized spacial score (nSPS) is 16.3. The van der Waals surface area contributed by atoms with E-state index in [4.69, 9.17) is 16.2 Å². The zero-order valence-corrected chi connectivity index (χ0v) is 15.4. The SMILES string of the molecule is NC(=O)c1ccc(N2CCC(N)C2)nc1Oc1cnn(Cc2ccccc2)c1. The van der Waals surface area contributed by atoms with Crippen molar-refractivity contribution in [2.45, 2.75) is 19.0 Å². The van der Waals surface area contributed by atoms with E-state index in [0.29, 0.717) is 18.1 Å². The molecule has 1 amide bonds. The van der Waals surface area contributed by atoms with Crippen molar-refractivity contribution in [3.05, 3.63) is 66.0 Å². The number of rotatable bonds is 6. The van der Waals surface area contributed by atoms with Crippen LogP contribution in [0.4, 0.5) is 5.82 Å². The van der Waals surface area contributed by atoms with Crippen molar-refractivity contribution in [3.8, 4) is 11.6 Å². The first-order chi connectivity index (χ1) is 13.6. The number of benzene rings is 1. The van der Waals surface area contributed by atoms with Gasteiger partial charge in [0.25, 0.3) is 5.91 Å². The van der Waals surface area contributed by atoms with E-state index in [1.165, 1.54) is 0 Å². The third kappa shape index (κ3) is 3.96. The average molecular weight is 378 g/mol. The van der Waals surface area contributed by atoms with E-state index < -0.39 is 5.91 Å². The Hall–Kier alpha value is -3.39. The summed E-state index contributed by atoms with van der Waals surface area (Å²) < 4.78 is 7.62. The van der Waals surface area contributed by atoms with Crippen LogP contribution in [0.15, 0.2) is 54.9 Å². The van der Waals surface area contributed by atoms with Gasteiger partial charge >= 0.3 is 0 Å². The smallest absolute Gasteiger partial charge is 0.254 e. The van der Waals surface area contributed by atoms with E-state index in [9.17, 15) is 4.79 Å². The molecule has 1 aliphatic rings. The number of amides is 1. The predicted octanol–water partition coefficient (Wildman–Crippen LogP) is 1.75. The molecule has 144 valence electrons.